The van der Waals surface area contributed by atoms with E-state index in [1.807, 2.05) is 6.07 Å². The van der Waals surface area contributed by atoms with Crippen LogP contribution in [0.2, 0.25) is 0 Å². The van der Waals surface area contributed by atoms with Crippen molar-refractivity contribution in [2.75, 3.05) is 0 Å². The molecule has 2 saturated carbocycles. The molecule has 1 aromatic rings. The maximum Gasteiger partial charge on any atom is 0.115 e. The van der Waals surface area contributed by atoms with Crippen molar-refractivity contribution in [2.24, 2.45) is 0 Å². The van der Waals surface area contributed by atoms with Gasteiger partial charge in [0.15, 0.2) is 0 Å². The van der Waals surface area contributed by atoms with Crippen molar-refractivity contribution in [3.63, 3.8) is 0 Å². The molecule has 3 rings (SSSR count). The van der Waals surface area contributed by atoms with Crippen LogP contribution in [0.25, 0.3) is 0 Å². The van der Waals surface area contributed by atoms with Crippen LogP contribution in [0.4, 0.5) is 0 Å². The van der Waals surface area contributed by atoms with E-state index in [9.17, 15) is 0 Å². The molecular weight excluding hydrogens is 232 g/mol. The molecule has 0 amide bonds. The average Bonchev–Trinajstić information content (AvgIpc) is 2.53. The lowest BCUT2D eigenvalue weighted by atomic mass is 10.0. The predicted molar refractivity (Wildman–Crippen MR) is 83.5 cm³/mol. The molecule has 0 spiro atoms. The second kappa shape index (κ2) is 12.1. The van der Waals surface area contributed by atoms with E-state index in [-0.39, 0.29) is 0 Å². The van der Waals surface area contributed by atoms with Crippen LogP contribution in [-0.4, -0.2) is 5.11 Å². The van der Waals surface area contributed by atoms with Crippen molar-refractivity contribution in [3.05, 3.63) is 30.3 Å². The molecule has 0 unspecified atom stereocenters. The zero-order valence-corrected chi connectivity index (χ0v) is 12.3. The SMILES string of the molecule is C1CCCCC1.C1CCCCC1.Oc1ccccc1. The summed E-state index contributed by atoms with van der Waals surface area (Å²) in [4.78, 5) is 0. The number of rotatable bonds is 0. The van der Waals surface area contributed by atoms with Gasteiger partial charge in [-0.15, -0.1) is 0 Å². The maximum atomic E-state index is 8.63. The van der Waals surface area contributed by atoms with Crippen LogP contribution < -0.4 is 0 Å². The van der Waals surface area contributed by atoms with Gasteiger partial charge in [-0.2, -0.15) is 0 Å². The number of benzene rings is 1. The Labute approximate surface area is 119 Å². The fourth-order valence-electron chi connectivity index (χ4n) is 2.55. The summed E-state index contributed by atoms with van der Waals surface area (Å²) in [5, 5.41) is 8.63. The van der Waals surface area contributed by atoms with E-state index in [0.29, 0.717) is 5.75 Å². The highest BCUT2D eigenvalue weighted by molar-refractivity contribution is 5.18. The molecule has 2 fully saturated rings. The molecular formula is C18H30O. The topological polar surface area (TPSA) is 20.2 Å². The molecule has 0 saturated heterocycles. The Morgan fingerprint density at radius 1 is 0.474 bits per heavy atom. The minimum absolute atomic E-state index is 0.322. The van der Waals surface area contributed by atoms with E-state index in [4.69, 9.17) is 5.11 Å². The lowest BCUT2D eigenvalue weighted by molar-refractivity contribution is 0.475. The van der Waals surface area contributed by atoms with Crippen molar-refractivity contribution in [3.8, 4) is 5.75 Å². The van der Waals surface area contributed by atoms with Gasteiger partial charge in [0, 0.05) is 0 Å². The second-order valence-electron chi connectivity index (χ2n) is 5.58. The highest BCUT2D eigenvalue weighted by Crippen LogP contribution is 2.15. The van der Waals surface area contributed by atoms with Crippen LogP contribution in [0.1, 0.15) is 77.0 Å². The standard InChI is InChI=1S/C6H6O.2C6H12/c7-6-4-2-1-3-5-6;2*1-2-4-6-5-3-1/h1-5,7H;2*1-6H2. The molecule has 0 radical (unpaired) electrons. The van der Waals surface area contributed by atoms with Gasteiger partial charge in [-0.25, -0.2) is 0 Å². The summed E-state index contributed by atoms with van der Waals surface area (Å²) in [7, 11) is 0. The number of phenolic OH excluding ortho intramolecular Hbond substituents is 1. The van der Waals surface area contributed by atoms with Crippen molar-refractivity contribution < 1.29 is 5.11 Å². The van der Waals surface area contributed by atoms with Crippen LogP contribution in [0.3, 0.4) is 0 Å². The van der Waals surface area contributed by atoms with Gasteiger partial charge in [0.2, 0.25) is 0 Å². The Bertz CT molecular complexity index is 238. The third-order valence-corrected chi connectivity index (χ3v) is 3.76. The summed E-state index contributed by atoms with van der Waals surface area (Å²) in [5.74, 6) is 0.322. The Balaban J connectivity index is 0.000000143. The first-order valence-corrected chi connectivity index (χ1v) is 8.13. The van der Waals surface area contributed by atoms with Gasteiger partial charge in [0.25, 0.3) is 0 Å². The molecule has 1 heteroatoms. The number of hydrogen-bond acceptors (Lipinski definition) is 1. The Morgan fingerprint density at radius 2 is 0.737 bits per heavy atom. The lowest BCUT2D eigenvalue weighted by Gasteiger charge is -2.05. The fourth-order valence-corrected chi connectivity index (χ4v) is 2.55. The quantitative estimate of drug-likeness (QED) is 0.601. The van der Waals surface area contributed by atoms with Gasteiger partial charge in [-0.05, 0) is 12.1 Å². The molecule has 0 bridgehead atoms. The second-order valence-corrected chi connectivity index (χ2v) is 5.58. The third-order valence-electron chi connectivity index (χ3n) is 3.76. The molecule has 1 aromatic carbocycles. The summed E-state index contributed by atoms with van der Waals surface area (Å²) in [6, 6.07) is 8.71. The van der Waals surface area contributed by atoms with Gasteiger partial charge in [-0.1, -0.05) is 95.2 Å². The first kappa shape index (κ1) is 16.1. The van der Waals surface area contributed by atoms with Gasteiger partial charge in [0.05, 0.1) is 0 Å². The van der Waals surface area contributed by atoms with Crippen molar-refractivity contribution >= 4 is 0 Å². The molecule has 19 heavy (non-hydrogen) atoms. The normalized spacial score (nSPS) is 18.3. The van der Waals surface area contributed by atoms with Crippen molar-refractivity contribution in [1.29, 1.82) is 0 Å². The molecule has 0 aliphatic heterocycles. The van der Waals surface area contributed by atoms with Crippen LogP contribution in [0.15, 0.2) is 30.3 Å². The van der Waals surface area contributed by atoms with Crippen LogP contribution in [0.5, 0.6) is 5.75 Å². The first-order chi connectivity index (χ1) is 9.39. The molecule has 0 heterocycles. The number of hydrogen-bond donors (Lipinski definition) is 1. The van der Waals surface area contributed by atoms with E-state index in [0.717, 1.165) is 0 Å². The molecule has 0 aromatic heterocycles. The largest absolute Gasteiger partial charge is 0.508 e. The van der Waals surface area contributed by atoms with E-state index < -0.39 is 0 Å². The zero-order valence-electron chi connectivity index (χ0n) is 12.3. The summed E-state index contributed by atoms with van der Waals surface area (Å²) in [6.07, 6.45) is 18.0. The van der Waals surface area contributed by atoms with Crippen LogP contribution >= 0.6 is 0 Å². The van der Waals surface area contributed by atoms with E-state index >= 15 is 0 Å². The summed E-state index contributed by atoms with van der Waals surface area (Å²) in [6.45, 7) is 0. The van der Waals surface area contributed by atoms with E-state index in [2.05, 4.69) is 0 Å². The molecule has 2 aliphatic rings. The Kier molecular flexibility index (Phi) is 10.2. The molecule has 108 valence electrons. The molecule has 0 atom stereocenters. The highest BCUT2D eigenvalue weighted by Gasteiger charge is 1.96. The summed E-state index contributed by atoms with van der Waals surface area (Å²) >= 11 is 0. The minimum atomic E-state index is 0.322. The zero-order chi connectivity index (χ0) is 13.6. The predicted octanol–water partition coefficient (Wildman–Crippen LogP) is 6.07. The van der Waals surface area contributed by atoms with Gasteiger partial charge >= 0.3 is 0 Å². The van der Waals surface area contributed by atoms with Crippen molar-refractivity contribution in [1.82, 2.24) is 0 Å². The third kappa shape index (κ3) is 10.6. The van der Waals surface area contributed by atoms with Gasteiger partial charge in [-0.3, -0.25) is 0 Å². The van der Waals surface area contributed by atoms with E-state index in [1.165, 1.54) is 77.0 Å². The molecule has 1 nitrogen and oxygen atoms in total. The summed E-state index contributed by atoms with van der Waals surface area (Å²) in [5.41, 5.74) is 0. The molecule has 2 aliphatic carbocycles. The maximum absolute atomic E-state index is 8.63. The van der Waals surface area contributed by atoms with Crippen LogP contribution in [0, 0.1) is 0 Å². The Hall–Kier alpha value is -0.980. The fraction of sp³-hybridized carbons (Fsp3) is 0.667. The number of para-hydroxylation sites is 1. The lowest BCUT2D eigenvalue weighted by Crippen LogP contribution is -1.85. The minimum Gasteiger partial charge on any atom is -0.508 e. The number of phenols is 1. The monoisotopic (exact) mass is 262 g/mol. The molecule has 1 N–H and O–H groups in total. The van der Waals surface area contributed by atoms with Crippen LogP contribution in [-0.2, 0) is 0 Å². The van der Waals surface area contributed by atoms with Crippen molar-refractivity contribution in [2.45, 2.75) is 77.0 Å². The average molecular weight is 262 g/mol. The first-order valence-electron chi connectivity index (χ1n) is 8.13. The van der Waals surface area contributed by atoms with Gasteiger partial charge in [0.1, 0.15) is 5.75 Å². The summed E-state index contributed by atoms with van der Waals surface area (Å²) < 4.78 is 0. The van der Waals surface area contributed by atoms with E-state index in [1.54, 1.807) is 24.3 Å². The smallest absolute Gasteiger partial charge is 0.115 e. The van der Waals surface area contributed by atoms with Gasteiger partial charge < -0.3 is 5.11 Å². The Morgan fingerprint density at radius 3 is 0.895 bits per heavy atom. The number of aromatic hydroxyl groups is 1. The highest BCUT2D eigenvalue weighted by atomic mass is 16.3.